The van der Waals surface area contributed by atoms with E-state index in [4.69, 9.17) is 4.84 Å². The highest BCUT2D eigenvalue weighted by Gasteiger charge is 2.13. The van der Waals surface area contributed by atoms with Crippen LogP contribution in [0.15, 0.2) is 53.4 Å². The number of halogens is 1. The molecule has 0 fully saturated rings. The van der Waals surface area contributed by atoms with Gasteiger partial charge in [0.2, 0.25) is 5.91 Å². The van der Waals surface area contributed by atoms with E-state index in [9.17, 15) is 4.79 Å². The van der Waals surface area contributed by atoms with Crippen LogP contribution < -0.4 is 10.2 Å². The quantitative estimate of drug-likeness (QED) is 0.778. The molecule has 0 spiro atoms. The minimum absolute atomic E-state index is 0.0918. The lowest BCUT2D eigenvalue weighted by atomic mass is 10.1. The summed E-state index contributed by atoms with van der Waals surface area (Å²) in [5.41, 5.74) is 2.56. The van der Waals surface area contributed by atoms with Crippen LogP contribution in [0, 0.1) is 0 Å². The Morgan fingerprint density at radius 3 is 2.95 bits per heavy atom. The largest absolute Gasteiger partial charge is 0.417 e. The van der Waals surface area contributed by atoms with Crippen molar-refractivity contribution in [1.82, 2.24) is 9.71 Å². The highest BCUT2D eigenvalue weighted by Crippen LogP contribution is 2.23. The van der Waals surface area contributed by atoms with Gasteiger partial charge in [0.25, 0.3) is 0 Å². The minimum Gasteiger partial charge on any atom is -0.417 e. The molecule has 3 aromatic rings. The Labute approximate surface area is 136 Å². The first-order valence-corrected chi connectivity index (χ1v) is 7.51. The molecule has 2 aromatic heterocycles. The Bertz CT molecular complexity index is 829. The second-order valence-corrected chi connectivity index (χ2v) is 5.61. The van der Waals surface area contributed by atoms with E-state index in [-0.39, 0.29) is 12.3 Å². The highest BCUT2D eigenvalue weighted by atomic mass is 79.9. The molecule has 1 amide bonds. The van der Waals surface area contributed by atoms with Crippen molar-refractivity contribution in [3.63, 3.8) is 0 Å². The lowest BCUT2D eigenvalue weighted by Gasteiger charge is -2.06. The van der Waals surface area contributed by atoms with Crippen LogP contribution in [-0.2, 0) is 11.2 Å². The van der Waals surface area contributed by atoms with Gasteiger partial charge < -0.3 is 10.2 Å². The van der Waals surface area contributed by atoms with Gasteiger partial charge in [0.15, 0.2) is 0 Å². The molecule has 0 atom stereocenters. The zero-order valence-corrected chi connectivity index (χ0v) is 13.5. The molecule has 0 saturated carbocycles. The smallest absolute Gasteiger partial charge is 0.228 e. The van der Waals surface area contributed by atoms with Gasteiger partial charge in [-0.3, -0.25) is 9.78 Å². The Kier molecular flexibility index (Phi) is 4.11. The van der Waals surface area contributed by atoms with Crippen LogP contribution in [0.3, 0.4) is 0 Å². The highest BCUT2D eigenvalue weighted by molar-refractivity contribution is 9.10. The molecule has 112 valence electrons. The maximum atomic E-state index is 12.3. The van der Waals surface area contributed by atoms with E-state index in [1.165, 1.54) is 0 Å². The molecule has 0 aliphatic carbocycles. The summed E-state index contributed by atoms with van der Waals surface area (Å²) in [6.45, 7) is 0. The number of nitrogens with one attached hydrogen (secondary N) is 1. The number of aromatic nitrogens is 2. The van der Waals surface area contributed by atoms with E-state index in [0.29, 0.717) is 5.69 Å². The van der Waals surface area contributed by atoms with Crippen molar-refractivity contribution < 1.29 is 9.63 Å². The van der Waals surface area contributed by atoms with Gasteiger partial charge in [0.1, 0.15) is 7.11 Å². The molecular weight excluding hydrogens is 346 g/mol. The van der Waals surface area contributed by atoms with Gasteiger partial charge in [0.05, 0.1) is 22.1 Å². The number of carbonyl (C=O) groups excluding carboxylic acids is 1. The SMILES string of the molecule is COn1cc(CC(=O)Nc2ccncc2Br)c2ccccc21. The van der Waals surface area contributed by atoms with Gasteiger partial charge in [-0.2, -0.15) is 4.73 Å². The van der Waals surface area contributed by atoms with Crippen molar-refractivity contribution in [1.29, 1.82) is 0 Å². The number of amides is 1. The number of hydrogen-bond donors (Lipinski definition) is 1. The lowest BCUT2D eigenvalue weighted by molar-refractivity contribution is -0.115. The Balaban J connectivity index is 1.84. The van der Waals surface area contributed by atoms with Gasteiger partial charge in [0, 0.05) is 24.0 Å². The zero-order chi connectivity index (χ0) is 15.5. The third kappa shape index (κ3) is 2.82. The normalized spacial score (nSPS) is 10.6. The van der Waals surface area contributed by atoms with Crippen LogP contribution in [0.5, 0.6) is 0 Å². The van der Waals surface area contributed by atoms with Crippen LogP contribution in [-0.4, -0.2) is 22.7 Å². The van der Waals surface area contributed by atoms with Gasteiger partial charge in [-0.25, -0.2) is 0 Å². The number of anilines is 1. The summed E-state index contributed by atoms with van der Waals surface area (Å²) in [5, 5.41) is 3.88. The summed E-state index contributed by atoms with van der Waals surface area (Å²) in [7, 11) is 1.60. The minimum atomic E-state index is -0.0918. The molecule has 1 aromatic carbocycles. The average molecular weight is 360 g/mol. The molecule has 2 heterocycles. The molecule has 0 bridgehead atoms. The summed E-state index contributed by atoms with van der Waals surface area (Å²) in [6.07, 6.45) is 5.39. The summed E-state index contributed by atoms with van der Waals surface area (Å²) < 4.78 is 2.42. The van der Waals surface area contributed by atoms with Gasteiger partial charge in [-0.1, -0.05) is 18.2 Å². The molecule has 0 aliphatic heterocycles. The first-order chi connectivity index (χ1) is 10.7. The Morgan fingerprint density at radius 1 is 1.36 bits per heavy atom. The number of pyridine rings is 1. The fourth-order valence-corrected chi connectivity index (χ4v) is 2.70. The van der Waals surface area contributed by atoms with Crippen molar-refractivity contribution in [3.8, 4) is 0 Å². The van der Waals surface area contributed by atoms with E-state index in [1.54, 1.807) is 30.3 Å². The molecule has 0 saturated heterocycles. The standard InChI is InChI=1S/C16H14BrN3O2/c1-22-20-10-11(12-4-2-3-5-15(12)20)8-16(21)19-14-6-7-18-9-13(14)17/h2-7,9-10H,8H2,1H3,(H,18,19,21). The van der Waals surface area contributed by atoms with Crippen LogP contribution in [0.1, 0.15) is 5.56 Å². The van der Waals surface area contributed by atoms with Crippen LogP contribution in [0.25, 0.3) is 10.9 Å². The van der Waals surface area contributed by atoms with Crippen molar-refractivity contribution in [3.05, 3.63) is 59.0 Å². The second kappa shape index (κ2) is 6.19. The molecule has 3 rings (SSSR count). The van der Waals surface area contributed by atoms with Crippen LogP contribution in [0.2, 0.25) is 0 Å². The van der Waals surface area contributed by atoms with Crippen molar-refractivity contribution >= 4 is 38.4 Å². The first-order valence-electron chi connectivity index (χ1n) is 6.72. The topological polar surface area (TPSA) is 56.1 Å². The summed E-state index contributed by atoms with van der Waals surface area (Å²) in [4.78, 5) is 21.5. The van der Waals surface area contributed by atoms with Crippen molar-refractivity contribution in [2.45, 2.75) is 6.42 Å². The summed E-state index contributed by atoms with van der Waals surface area (Å²) in [6, 6.07) is 9.58. The van der Waals surface area contributed by atoms with Crippen molar-refractivity contribution in [2.24, 2.45) is 0 Å². The summed E-state index contributed by atoms with van der Waals surface area (Å²) in [5.74, 6) is -0.0918. The van der Waals surface area contributed by atoms with E-state index >= 15 is 0 Å². The molecule has 0 radical (unpaired) electrons. The predicted molar refractivity (Wildman–Crippen MR) is 88.7 cm³/mol. The lowest BCUT2D eigenvalue weighted by Crippen LogP contribution is -2.14. The molecule has 0 aliphatic rings. The fourth-order valence-electron chi connectivity index (χ4n) is 2.35. The van der Waals surface area contributed by atoms with Gasteiger partial charge in [-0.15, -0.1) is 0 Å². The van der Waals surface area contributed by atoms with E-state index in [2.05, 4.69) is 26.2 Å². The maximum Gasteiger partial charge on any atom is 0.228 e. The Morgan fingerprint density at radius 2 is 2.18 bits per heavy atom. The zero-order valence-electron chi connectivity index (χ0n) is 11.9. The molecule has 0 unspecified atom stereocenters. The number of hydrogen-bond acceptors (Lipinski definition) is 3. The molecule has 5 nitrogen and oxygen atoms in total. The number of fused-ring (bicyclic) bond motifs is 1. The van der Waals surface area contributed by atoms with E-state index in [0.717, 1.165) is 20.9 Å². The third-order valence-corrected chi connectivity index (χ3v) is 3.99. The first kappa shape index (κ1) is 14.6. The number of para-hydroxylation sites is 1. The van der Waals surface area contributed by atoms with Gasteiger partial charge in [-0.05, 0) is 33.6 Å². The molecule has 6 heteroatoms. The monoisotopic (exact) mass is 359 g/mol. The molecule has 1 N–H and O–H groups in total. The number of benzene rings is 1. The third-order valence-electron chi connectivity index (χ3n) is 3.35. The van der Waals surface area contributed by atoms with Crippen LogP contribution in [0.4, 0.5) is 5.69 Å². The number of nitrogens with zero attached hydrogens (tertiary/aromatic N) is 2. The van der Waals surface area contributed by atoms with Gasteiger partial charge >= 0.3 is 0 Å². The van der Waals surface area contributed by atoms with Crippen LogP contribution >= 0.6 is 15.9 Å². The van der Waals surface area contributed by atoms with Crippen molar-refractivity contribution in [2.75, 3.05) is 12.4 Å². The molecule has 22 heavy (non-hydrogen) atoms. The second-order valence-electron chi connectivity index (χ2n) is 4.76. The maximum absolute atomic E-state index is 12.3. The fraction of sp³-hybridized carbons (Fsp3) is 0.125. The van der Waals surface area contributed by atoms with E-state index < -0.39 is 0 Å². The molecular formula is C16H14BrN3O2. The number of carbonyl (C=O) groups is 1. The van der Waals surface area contributed by atoms with E-state index in [1.807, 2.05) is 30.5 Å². The average Bonchev–Trinajstić information content (AvgIpc) is 2.88. The Hall–Kier alpha value is -2.34. The number of rotatable bonds is 4. The predicted octanol–water partition coefficient (Wildman–Crippen LogP) is 3.04. The summed E-state index contributed by atoms with van der Waals surface area (Å²) >= 11 is 3.36.